The molecule has 0 atom stereocenters. The van der Waals surface area contributed by atoms with Crippen molar-refractivity contribution < 1.29 is 9.18 Å². The predicted molar refractivity (Wildman–Crippen MR) is 99.2 cm³/mol. The lowest BCUT2D eigenvalue weighted by Crippen LogP contribution is -2.14. The van der Waals surface area contributed by atoms with Crippen molar-refractivity contribution >= 4 is 35.0 Å². The molecule has 26 heavy (non-hydrogen) atoms. The van der Waals surface area contributed by atoms with E-state index in [1.807, 2.05) is 39.8 Å². The van der Waals surface area contributed by atoms with Gasteiger partial charge < -0.3 is 10.2 Å². The predicted octanol–water partition coefficient (Wildman–Crippen LogP) is 3.30. The topological polar surface area (TPSA) is 63.1 Å². The number of anilines is 3. The Morgan fingerprint density at radius 2 is 1.85 bits per heavy atom. The van der Waals surface area contributed by atoms with Crippen LogP contribution in [0.2, 0.25) is 0 Å². The van der Waals surface area contributed by atoms with Gasteiger partial charge in [-0.15, -0.1) is 10.2 Å². The van der Waals surface area contributed by atoms with Crippen LogP contribution in [0.3, 0.4) is 0 Å². The number of benzene rings is 2. The first-order valence-electron chi connectivity index (χ1n) is 8.15. The van der Waals surface area contributed by atoms with E-state index in [4.69, 9.17) is 0 Å². The number of nitrogens with one attached hydrogen (secondary N) is 1. The number of para-hydroxylation sites is 1. The second kappa shape index (κ2) is 7.17. The molecule has 1 aliphatic heterocycles. The number of carbonyl (C=O) groups excluding carboxylic acids is 1. The summed E-state index contributed by atoms with van der Waals surface area (Å²) in [6.07, 6.45) is 0. The van der Waals surface area contributed by atoms with Gasteiger partial charge in [-0.3, -0.25) is 9.36 Å². The van der Waals surface area contributed by atoms with E-state index >= 15 is 0 Å². The minimum Gasteiger partial charge on any atom is -0.325 e. The maximum atomic E-state index is 13.1. The molecule has 0 spiro atoms. The van der Waals surface area contributed by atoms with E-state index in [1.165, 1.54) is 23.9 Å². The van der Waals surface area contributed by atoms with Crippen molar-refractivity contribution in [3.63, 3.8) is 0 Å². The SMILES string of the molecule is O=C(CSc1nnc2n1CCN2c1ccc(F)cc1)Nc1ccccc1. The lowest BCUT2D eigenvalue weighted by molar-refractivity contribution is -0.113. The maximum absolute atomic E-state index is 13.1. The highest BCUT2D eigenvalue weighted by atomic mass is 32.2. The molecule has 1 amide bonds. The Kier molecular flexibility index (Phi) is 4.57. The Balaban J connectivity index is 1.41. The Morgan fingerprint density at radius 3 is 2.62 bits per heavy atom. The molecule has 8 heteroatoms. The second-order valence-corrected chi connectivity index (χ2v) is 6.71. The smallest absolute Gasteiger partial charge is 0.234 e. The van der Waals surface area contributed by atoms with Crippen LogP contribution in [0.15, 0.2) is 59.8 Å². The van der Waals surface area contributed by atoms with E-state index in [0.717, 1.165) is 24.5 Å². The largest absolute Gasteiger partial charge is 0.325 e. The van der Waals surface area contributed by atoms with Gasteiger partial charge in [0.2, 0.25) is 11.9 Å². The highest BCUT2D eigenvalue weighted by Crippen LogP contribution is 2.32. The van der Waals surface area contributed by atoms with Crippen molar-refractivity contribution in [2.24, 2.45) is 0 Å². The average Bonchev–Trinajstić information content (AvgIpc) is 3.24. The number of rotatable bonds is 5. The van der Waals surface area contributed by atoms with E-state index in [9.17, 15) is 9.18 Å². The van der Waals surface area contributed by atoms with Crippen LogP contribution < -0.4 is 10.2 Å². The number of nitrogens with zero attached hydrogens (tertiary/aromatic N) is 4. The summed E-state index contributed by atoms with van der Waals surface area (Å²) in [5, 5.41) is 12.0. The number of halogens is 1. The fourth-order valence-corrected chi connectivity index (χ4v) is 3.56. The molecule has 1 aromatic heterocycles. The lowest BCUT2D eigenvalue weighted by atomic mass is 10.3. The second-order valence-electron chi connectivity index (χ2n) is 5.77. The van der Waals surface area contributed by atoms with E-state index in [2.05, 4.69) is 15.5 Å². The molecule has 2 aromatic carbocycles. The lowest BCUT2D eigenvalue weighted by Gasteiger charge is -2.14. The highest BCUT2D eigenvalue weighted by molar-refractivity contribution is 7.99. The molecule has 2 heterocycles. The zero-order valence-electron chi connectivity index (χ0n) is 13.8. The number of amides is 1. The molecule has 1 N–H and O–H groups in total. The van der Waals surface area contributed by atoms with Crippen LogP contribution in [-0.2, 0) is 11.3 Å². The summed E-state index contributed by atoms with van der Waals surface area (Å²) in [6, 6.07) is 15.6. The molecule has 0 fully saturated rings. The van der Waals surface area contributed by atoms with Crippen molar-refractivity contribution in [1.29, 1.82) is 0 Å². The fourth-order valence-electron chi connectivity index (χ4n) is 2.80. The van der Waals surface area contributed by atoms with Gasteiger partial charge in [0.05, 0.1) is 5.75 Å². The number of thioether (sulfide) groups is 1. The van der Waals surface area contributed by atoms with Gasteiger partial charge in [0.1, 0.15) is 5.82 Å². The monoisotopic (exact) mass is 369 g/mol. The normalized spacial score (nSPS) is 12.9. The minimum atomic E-state index is -0.268. The van der Waals surface area contributed by atoms with Crippen molar-refractivity contribution in [3.8, 4) is 0 Å². The van der Waals surface area contributed by atoms with Gasteiger partial charge in [0, 0.05) is 24.5 Å². The first-order valence-corrected chi connectivity index (χ1v) is 9.13. The van der Waals surface area contributed by atoms with Crippen molar-refractivity contribution in [1.82, 2.24) is 14.8 Å². The molecule has 132 valence electrons. The number of aromatic nitrogens is 3. The third kappa shape index (κ3) is 3.41. The molecule has 6 nitrogen and oxygen atoms in total. The molecular weight excluding hydrogens is 353 g/mol. The maximum Gasteiger partial charge on any atom is 0.234 e. The number of fused-ring (bicyclic) bond motifs is 1. The van der Waals surface area contributed by atoms with Gasteiger partial charge in [-0.1, -0.05) is 30.0 Å². The van der Waals surface area contributed by atoms with Crippen molar-refractivity contribution in [3.05, 3.63) is 60.4 Å². The highest BCUT2D eigenvalue weighted by Gasteiger charge is 2.26. The number of carbonyl (C=O) groups is 1. The molecule has 3 aromatic rings. The van der Waals surface area contributed by atoms with Crippen molar-refractivity contribution in [2.45, 2.75) is 11.7 Å². The van der Waals surface area contributed by atoms with Crippen LogP contribution >= 0.6 is 11.8 Å². The zero-order chi connectivity index (χ0) is 17.9. The van der Waals surface area contributed by atoms with E-state index in [0.29, 0.717) is 11.1 Å². The van der Waals surface area contributed by atoms with Gasteiger partial charge in [0.25, 0.3) is 0 Å². The Labute approximate surface area is 154 Å². The number of hydrogen-bond acceptors (Lipinski definition) is 5. The van der Waals surface area contributed by atoms with Gasteiger partial charge in [-0.25, -0.2) is 4.39 Å². The zero-order valence-corrected chi connectivity index (χ0v) is 14.6. The summed E-state index contributed by atoms with van der Waals surface area (Å²) in [4.78, 5) is 14.1. The average molecular weight is 369 g/mol. The van der Waals surface area contributed by atoms with Crippen LogP contribution in [0.4, 0.5) is 21.7 Å². The van der Waals surface area contributed by atoms with Gasteiger partial charge in [-0.2, -0.15) is 0 Å². The van der Waals surface area contributed by atoms with E-state index in [1.54, 1.807) is 12.1 Å². The molecule has 0 aliphatic carbocycles. The van der Waals surface area contributed by atoms with E-state index < -0.39 is 0 Å². The molecule has 4 rings (SSSR count). The third-order valence-corrected chi connectivity index (χ3v) is 4.98. The molecule has 0 saturated carbocycles. The van der Waals surface area contributed by atoms with Gasteiger partial charge in [-0.05, 0) is 36.4 Å². The summed E-state index contributed by atoms with van der Waals surface area (Å²) >= 11 is 1.35. The van der Waals surface area contributed by atoms with Crippen LogP contribution in [0, 0.1) is 5.82 Å². The summed E-state index contributed by atoms with van der Waals surface area (Å²) in [5.41, 5.74) is 1.64. The Hall–Kier alpha value is -2.87. The van der Waals surface area contributed by atoms with Gasteiger partial charge >= 0.3 is 0 Å². The Bertz CT molecular complexity index is 913. The standard InChI is InChI=1S/C18H16FN5OS/c19-13-6-8-15(9-7-13)23-10-11-24-17(23)21-22-18(24)26-12-16(25)20-14-4-2-1-3-5-14/h1-9H,10-12H2,(H,20,25). The number of hydrogen-bond donors (Lipinski definition) is 1. The van der Waals surface area contributed by atoms with Crippen LogP contribution in [0.1, 0.15) is 0 Å². The van der Waals surface area contributed by atoms with E-state index in [-0.39, 0.29) is 17.5 Å². The van der Waals surface area contributed by atoms with Crippen LogP contribution in [-0.4, -0.2) is 33.0 Å². The fraction of sp³-hybridized carbons (Fsp3) is 0.167. The summed E-state index contributed by atoms with van der Waals surface area (Å²) in [6.45, 7) is 1.46. The van der Waals surface area contributed by atoms with Crippen molar-refractivity contribution in [2.75, 3.05) is 22.5 Å². The van der Waals surface area contributed by atoms with Gasteiger partial charge in [0.15, 0.2) is 5.16 Å². The molecule has 1 aliphatic rings. The molecule has 0 unspecified atom stereocenters. The molecule has 0 bridgehead atoms. The molecule has 0 radical (unpaired) electrons. The summed E-state index contributed by atoms with van der Waals surface area (Å²) in [7, 11) is 0. The quantitative estimate of drug-likeness (QED) is 0.699. The molecular formula is C18H16FN5OS. The Morgan fingerprint density at radius 1 is 1.08 bits per heavy atom. The first-order chi connectivity index (χ1) is 12.7. The minimum absolute atomic E-state index is 0.0908. The molecule has 0 saturated heterocycles. The van der Waals surface area contributed by atoms with Crippen LogP contribution in [0.25, 0.3) is 0 Å². The van der Waals surface area contributed by atoms with Crippen LogP contribution in [0.5, 0.6) is 0 Å². The first kappa shape index (κ1) is 16.6. The summed E-state index contributed by atoms with van der Waals surface area (Å²) < 4.78 is 15.1. The summed E-state index contributed by atoms with van der Waals surface area (Å²) in [5.74, 6) is 0.605. The third-order valence-electron chi connectivity index (χ3n) is 4.01.